The lowest BCUT2D eigenvalue weighted by atomic mass is 10.2. The van der Waals surface area contributed by atoms with E-state index in [2.05, 4.69) is 31.9 Å². The van der Waals surface area contributed by atoms with Gasteiger partial charge in [0.05, 0.1) is 11.1 Å². The van der Waals surface area contributed by atoms with Crippen LogP contribution < -0.4 is 4.74 Å². The molecule has 0 amide bonds. The molecule has 0 aliphatic rings. The number of phenolic OH excluding ortho intramolecular Hbond substituents is 1. The van der Waals surface area contributed by atoms with E-state index >= 15 is 0 Å². The summed E-state index contributed by atoms with van der Waals surface area (Å²) in [5.74, 6) is 0.647. The van der Waals surface area contributed by atoms with Gasteiger partial charge in [-0.2, -0.15) is 0 Å². The predicted octanol–water partition coefficient (Wildman–Crippen LogP) is 3.96. The molecule has 0 heterocycles. The zero-order valence-electron chi connectivity index (χ0n) is 8.34. The minimum Gasteiger partial charge on any atom is -0.503 e. The molecular weight excluding hydrogens is 324 g/mol. The largest absolute Gasteiger partial charge is 0.503 e. The Kier molecular flexibility index (Phi) is 5.19. The topological polar surface area (TPSA) is 29.5 Å². The van der Waals surface area contributed by atoms with Gasteiger partial charge in [0, 0.05) is 5.33 Å². The van der Waals surface area contributed by atoms with Crippen molar-refractivity contribution in [1.29, 1.82) is 0 Å². The fourth-order valence-electron chi connectivity index (χ4n) is 1.14. The average Bonchev–Trinajstić information content (AvgIpc) is 2.22. The number of alkyl halides is 1. The second kappa shape index (κ2) is 6.18. The molecule has 0 aromatic heterocycles. The number of aromatic hydroxyl groups is 1. The number of benzene rings is 1. The standard InChI is InChI=1S/C11H12Br2O2/c1-2-15-10-7-8(4-3-5-12)6-9(13)11(10)14/h3-4,6-7,14H,2,5H2,1H3. The monoisotopic (exact) mass is 334 g/mol. The summed E-state index contributed by atoms with van der Waals surface area (Å²) in [5, 5.41) is 10.5. The minimum atomic E-state index is 0.146. The molecule has 0 atom stereocenters. The lowest BCUT2D eigenvalue weighted by Gasteiger charge is -2.08. The summed E-state index contributed by atoms with van der Waals surface area (Å²) in [6.45, 7) is 2.42. The normalized spacial score (nSPS) is 10.9. The van der Waals surface area contributed by atoms with Crippen LogP contribution in [0.25, 0.3) is 6.08 Å². The fourth-order valence-corrected chi connectivity index (χ4v) is 1.78. The van der Waals surface area contributed by atoms with Crippen molar-refractivity contribution in [3.63, 3.8) is 0 Å². The molecule has 15 heavy (non-hydrogen) atoms. The Hall–Kier alpha value is -0.480. The van der Waals surface area contributed by atoms with E-state index in [0.717, 1.165) is 10.9 Å². The van der Waals surface area contributed by atoms with E-state index in [1.807, 2.05) is 31.2 Å². The molecule has 0 radical (unpaired) electrons. The van der Waals surface area contributed by atoms with Gasteiger partial charge in [0.15, 0.2) is 11.5 Å². The first-order chi connectivity index (χ1) is 7.19. The van der Waals surface area contributed by atoms with Crippen molar-refractivity contribution in [3.05, 3.63) is 28.2 Å². The predicted molar refractivity (Wildman–Crippen MR) is 69.8 cm³/mol. The van der Waals surface area contributed by atoms with Crippen LogP contribution in [0.15, 0.2) is 22.7 Å². The minimum absolute atomic E-state index is 0.146. The summed E-state index contributed by atoms with van der Waals surface area (Å²) in [7, 11) is 0. The second-order valence-electron chi connectivity index (χ2n) is 2.84. The highest BCUT2D eigenvalue weighted by Gasteiger charge is 2.07. The van der Waals surface area contributed by atoms with Gasteiger partial charge in [-0.15, -0.1) is 0 Å². The number of hydrogen-bond donors (Lipinski definition) is 1. The Labute approximate surface area is 106 Å². The SMILES string of the molecule is CCOc1cc(C=CCBr)cc(Br)c1O. The molecule has 1 aromatic carbocycles. The van der Waals surface area contributed by atoms with Crippen LogP contribution in [0.2, 0.25) is 0 Å². The smallest absolute Gasteiger partial charge is 0.172 e. The Balaban J connectivity index is 3.05. The van der Waals surface area contributed by atoms with Crippen LogP contribution in [0.5, 0.6) is 11.5 Å². The van der Waals surface area contributed by atoms with Gasteiger partial charge >= 0.3 is 0 Å². The second-order valence-corrected chi connectivity index (χ2v) is 4.34. The van der Waals surface area contributed by atoms with E-state index < -0.39 is 0 Å². The number of ether oxygens (including phenoxy) is 1. The van der Waals surface area contributed by atoms with Crippen molar-refractivity contribution in [3.8, 4) is 11.5 Å². The maximum absolute atomic E-state index is 9.67. The number of halogens is 2. The Morgan fingerprint density at radius 1 is 1.47 bits per heavy atom. The molecule has 0 saturated heterocycles. The van der Waals surface area contributed by atoms with E-state index in [4.69, 9.17) is 4.74 Å². The van der Waals surface area contributed by atoms with Gasteiger partial charge in [-0.05, 0) is 40.5 Å². The molecule has 4 heteroatoms. The molecule has 0 spiro atoms. The maximum Gasteiger partial charge on any atom is 0.172 e. The van der Waals surface area contributed by atoms with Gasteiger partial charge in [0.2, 0.25) is 0 Å². The van der Waals surface area contributed by atoms with Crippen molar-refractivity contribution < 1.29 is 9.84 Å². The lowest BCUT2D eigenvalue weighted by molar-refractivity contribution is 0.317. The number of hydrogen-bond acceptors (Lipinski definition) is 2. The molecule has 1 rings (SSSR count). The quantitative estimate of drug-likeness (QED) is 0.844. The molecule has 0 aliphatic carbocycles. The summed E-state index contributed by atoms with van der Waals surface area (Å²) < 4.78 is 5.95. The van der Waals surface area contributed by atoms with Crippen LogP contribution in [0.1, 0.15) is 12.5 Å². The first kappa shape index (κ1) is 12.6. The first-order valence-electron chi connectivity index (χ1n) is 4.56. The molecule has 1 aromatic rings. The van der Waals surface area contributed by atoms with Gasteiger partial charge in [0.1, 0.15) is 0 Å². The molecule has 1 N–H and O–H groups in total. The fraction of sp³-hybridized carbons (Fsp3) is 0.273. The zero-order chi connectivity index (χ0) is 11.3. The highest BCUT2D eigenvalue weighted by atomic mass is 79.9. The number of allylic oxidation sites excluding steroid dienone is 1. The van der Waals surface area contributed by atoms with E-state index in [1.165, 1.54) is 0 Å². The third-order valence-electron chi connectivity index (χ3n) is 1.75. The maximum atomic E-state index is 9.67. The highest BCUT2D eigenvalue weighted by molar-refractivity contribution is 9.10. The van der Waals surface area contributed by atoms with Crippen LogP contribution >= 0.6 is 31.9 Å². The summed E-state index contributed by atoms with van der Waals surface area (Å²) in [6, 6.07) is 3.65. The van der Waals surface area contributed by atoms with Crippen LogP contribution in [0.3, 0.4) is 0 Å². The van der Waals surface area contributed by atoms with Crippen molar-refractivity contribution >= 4 is 37.9 Å². The van der Waals surface area contributed by atoms with Gasteiger partial charge < -0.3 is 9.84 Å². The van der Waals surface area contributed by atoms with E-state index in [1.54, 1.807) is 0 Å². The molecule has 0 bridgehead atoms. The van der Waals surface area contributed by atoms with Crippen LogP contribution in [0.4, 0.5) is 0 Å². The van der Waals surface area contributed by atoms with Crippen LogP contribution in [0, 0.1) is 0 Å². The van der Waals surface area contributed by atoms with E-state index in [0.29, 0.717) is 16.8 Å². The van der Waals surface area contributed by atoms with Crippen LogP contribution in [-0.2, 0) is 0 Å². The summed E-state index contributed by atoms with van der Waals surface area (Å²) >= 11 is 6.59. The summed E-state index contributed by atoms with van der Waals surface area (Å²) in [4.78, 5) is 0. The number of rotatable bonds is 4. The van der Waals surface area contributed by atoms with Gasteiger partial charge in [-0.25, -0.2) is 0 Å². The Morgan fingerprint density at radius 3 is 2.80 bits per heavy atom. The first-order valence-corrected chi connectivity index (χ1v) is 6.48. The molecule has 0 saturated carbocycles. The molecule has 2 nitrogen and oxygen atoms in total. The Bertz CT molecular complexity index is 362. The summed E-state index contributed by atoms with van der Waals surface area (Å²) in [6.07, 6.45) is 3.94. The van der Waals surface area contributed by atoms with Gasteiger partial charge in [-0.1, -0.05) is 28.1 Å². The zero-order valence-corrected chi connectivity index (χ0v) is 11.5. The van der Waals surface area contributed by atoms with E-state index in [-0.39, 0.29) is 5.75 Å². The Morgan fingerprint density at radius 2 is 2.20 bits per heavy atom. The third kappa shape index (κ3) is 3.54. The van der Waals surface area contributed by atoms with Crippen molar-refractivity contribution in [2.24, 2.45) is 0 Å². The van der Waals surface area contributed by atoms with Crippen molar-refractivity contribution in [2.45, 2.75) is 6.92 Å². The molecular formula is C11H12Br2O2. The summed E-state index contributed by atoms with van der Waals surface area (Å²) in [5.41, 5.74) is 0.988. The molecule has 0 unspecified atom stereocenters. The van der Waals surface area contributed by atoms with Crippen molar-refractivity contribution in [2.75, 3.05) is 11.9 Å². The average molecular weight is 336 g/mol. The lowest BCUT2D eigenvalue weighted by Crippen LogP contribution is -1.92. The van der Waals surface area contributed by atoms with Crippen molar-refractivity contribution in [1.82, 2.24) is 0 Å². The molecule has 0 fully saturated rings. The highest BCUT2D eigenvalue weighted by Crippen LogP contribution is 2.35. The van der Waals surface area contributed by atoms with E-state index in [9.17, 15) is 5.11 Å². The molecule has 82 valence electrons. The molecule has 0 aliphatic heterocycles. The van der Waals surface area contributed by atoms with Crippen LogP contribution in [-0.4, -0.2) is 17.0 Å². The van der Waals surface area contributed by atoms with Gasteiger partial charge in [-0.3, -0.25) is 0 Å². The van der Waals surface area contributed by atoms with Gasteiger partial charge in [0.25, 0.3) is 0 Å². The third-order valence-corrected chi connectivity index (χ3v) is 2.73. The number of phenols is 1.